The topological polar surface area (TPSA) is 84.8 Å². The fourth-order valence-electron chi connectivity index (χ4n) is 1.71. The Labute approximate surface area is 94.6 Å². The van der Waals surface area contributed by atoms with Gasteiger partial charge in [-0.15, -0.1) is 0 Å². The van der Waals surface area contributed by atoms with Crippen LogP contribution in [0.25, 0.3) is 0 Å². The molecular weight excluding hydrogens is 208 g/mol. The van der Waals surface area contributed by atoms with E-state index in [-0.39, 0.29) is 18.8 Å². The maximum Gasteiger partial charge on any atom is 0.124 e. The molecule has 0 aliphatic rings. The number of hydrogen-bond acceptors (Lipinski definition) is 5. The predicted octanol–water partition coefficient (Wildman–Crippen LogP) is 1.30. The van der Waals surface area contributed by atoms with E-state index in [0.29, 0.717) is 11.1 Å². The minimum Gasteiger partial charge on any atom is -0.507 e. The molecule has 0 radical (unpaired) electrons. The molecule has 0 fully saturated rings. The molecule has 0 unspecified atom stereocenters. The van der Waals surface area contributed by atoms with Crippen molar-refractivity contribution in [1.82, 2.24) is 11.0 Å². The summed E-state index contributed by atoms with van der Waals surface area (Å²) in [6, 6.07) is 3.70. The summed E-state index contributed by atoms with van der Waals surface area (Å²) in [7, 11) is 0. The Morgan fingerprint density at radius 3 is 1.94 bits per heavy atom. The summed E-state index contributed by atoms with van der Waals surface area (Å²) in [5.74, 6) is 0.1000. The van der Waals surface area contributed by atoms with Crippen molar-refractivity contribution < 1.29 is 15.5 Å². The summed E-state index contributed by atoms with van der Waals surface area (Å²) >= 11 is 0. The third-order valence-electron chi connectivity index (χ3n) is 2.41. The van der Waals surface area contributed by atoms with Crippen LogP contribution < -0.4 is 11.0 Å². The summed E-state index contributed by atoms with van der Waals surface area (Å²) in [5, 5.41) is 27.2. The van der Waals surface area contributed by atoms with Crippen molar-refractivity contribution in [3.8, 4) is 5.75 Å². The SMILES string of the molecule is CCCc1cc(CNO)c(O)c(CNO)c1. The smallest absolute Gasteiger partial charge is 0.124 e. The van der Waals surface area contributed by atoms with Crippen molar-refractivity contribution in [2.75, 3.05) is 0 Å². The van der Waals surface area contributed by atoms with Gasteiger partial charge < -0.3 is 15.5 Å². The van der Waals surface area contributed by atoms with Gasteiger partial charge in [0.2, 0.25) is 0 Å². The van der Waals surface area contributed by atoms with Gasteiger partial charge in [-0.3, -0.25) is 0 Å². The van der Waals surface area contributed by atoms with Crippen molar-refractivity contribution in [3.63, 3.8) is 0 Å². The molecule has 0 aromatic heterocycles. The molecule has 1 aromatic carbocycles. The molecular formula is C11H18N2O3. The van der Waals surface area contributed by atoms with Crippen molar-refractivity contribution in [1.29, 1.82) is 0 Å². The zero-order valence-corrected chi connectivity index (χ0v) is 9.32. The molecule has 0 aliphatic heterocycles. The van der Waals surface area contributed by atoms with Crippen LogP contribution in [0.15, 0.2) is 12.1 Å². The summed E-state index contributed by atoms with van der Waals surface area (Å²) in [6.07, 6.45) is 1.90. The fraction of sp³-hybridized carbons (Fsp3) is 0.455. The van der Waals surface area contributed by atoms with Crippen LogP contribution >= 0.6 is 0 Å². The normalized spacial score (nSPS) is 10.7. The van der Waals surface area contributed by atoms with Crippen LogP contribution in [-0.2, 0) is 19.5 Å². The first-order valence-corrected chi connectivity index (χ1v) is 5.30. The molecule has 5 nitrogen and oxygen atoms in total. The summed E-state index contributed by atoms with van der Waals surface area (Å²) < 4.78 is 0. The second-order valence-electron chi connectivity index (χ2n) is 3.68. The van der Waals surface area contributed by atoms with Gasteiger partial charge >= 0.3 is 0 Å². The van der Waals surface area contributed by atoms with Crippen LogP contribution in [0, 0.1) is 0 Å². The zero-order chi connectivity index (χ0) is 12.0. The van der Waals surface area contributed by atoms with Crippen molar-refractivity contribution in [3.05, 3.63) is 28.8 Å². The van der Waals surface area contributed by atoms with Crippen LogP contribution in [0.3, 0.4) is 0 Å². The average Bonchev–Trinajstić information content (AvgIpc) is 2.26. The Hall–Kier alpha value is -1.14. The Balaban J connectivity index is 3.05. The minimum atomic E-state index is 0.1000. The first kappa shape index (κ1) is 12.9. The van der Waals surface area contributed by atoms with Crippen molar-refractivity contribution in [2.45, 2.75) is 32.9 Å². The van der Waals surface area contributed by atoms with Gasteiger partial charge in [-0.2, -0.15) is 0 Å². The van der Waals surface area contributed by atoms with Crippen LogP contribution in [-0.4, -0.2) is 15.5 Å². The van der Waals surface area contributed by atoms with Gasteiger partial charge in [-0.05, 0) is 12.0 Å². The molecule has 1 aromatic rings. The Morgan fingerprint density at radius 2 is 1.56 bits per heavy atom. The number of rotatable bonds is 6. The lowest BCUT2D eigenvalue weighted by Gasteiger charge is -2.12. The Kier molecular flexibility index (Phi) is 5.21. The number of benzene rings is 1. The molecule has 5 heteroatoms. The molecule has 0 saturated heterocycles. The van der Waals surface area contributed by atoms with Crippen LogP contribution in [0.1, 0.15) is 30.0 Å². The number of phenols is 1. The number of aryl methyl sites for hydroxylation is 1. The monoisotopic (exact) mass is 226 g/mol. The molecule has 90 valence electrons. The van der Waals surface area contributed by atoms with Crippen molar-refractivity contribution in [2.24, 2.45) is 0 Å². The maximum atomic E-state index is 9.84. The van der Waals surface area contributed by atoms with Gasteiger partial charge in [0.25, 0.3) is 0 Å². The number of hydroxylamine groups is 2. The van der Waals surface area contributed by atoms with E-state index in [9.17, 15) is 5.11 Å². The largest absolute Gasteiger partial charge is 0.507 e. The first-order valence-electron chi connectivity index (χ1n) is 5.30. The summed E-state index contributed by atoms with van der Waals surface area (Å²) in [5.41, 5.74) is 6.37. The van der Waals surface area contributed by atoms with E-state index >= 15 is 0 Å². The molecule has 5 N–H and O–H groups in total. The van der Waals surface area contributed by atoms with E-state index in [1.807, 2.05) is 23.1 Å². The van der Waals surface area contributed by atoms with E-state index in [1.54, 1.807) is 0 Å². The Bertz CT molecular complexity index is 315. The molecule has 0 spiro atoms. The molecule has 0 amide bonds. The van der Waals surface area contributed by atoms with Crippen molar-refractivity contribution >= 4 is 0 Å². The first-order chi connectivity index (χ1) is 7.72. The highest BCUT2D eigenvalue weighted by atomic mass is 16.5. The van der Waals surface area contributed by atoms with Gasteiger partial charge in [0.1, 0.15) is 5.75 Å². The Morgan fingerprint density at radius 1 is 1.06 bits per heavy atom. The molecule has 16 heavy (non-hydrogen) atoms. The average molecular weight is 226 g/mol. The quantitative estimate of drug-likeness (QED) is 0.472. The van der Waals surface area contributed by atoms with E-state index in [2.05, 4.69) is 6.92 Å². The predicted molar refractivity (Wildman–Crippen MR) is 59.4 cm³/mol. The van der Waals surface area contributed by atoms with E-state index in [0.717, 1.165) is 18.4 Å². The van der Waals surface area contributed by atoms with Crippen LogP contribution in [0.4, 0.5) is 0 Å². The summed E-state index contributed by atoms with van der Waals surface area (Å²) in [6.45, 7) is 2.43. The molecule has 0 aliphatic carbocycles. The second kappa shape index (κ2) is 6.44. The third-order valence-corrected chi connectivity index (χ3v) is 2.41. The highest BCUT2D eigenvalue weighted by Gasteiger charge is 2.09. The number of hydrogen-bond donors (Lipinski definition) is 5. The van der Waals surface area contributed by atoms with Crippen LogP contribution in [0.5, 0.6) is 5.75 Å². The number of aromatic hydroxyl groups is 1. The molecule has 0 heterocycles. The molecule has 0 saturated carbocycles. The number of phenolic OH excluding ortho intramolecular Hbond substituents is 1. The van der Waals surface area contributed by atoms with Gasteiger partial charge in [0, 0.05) is 24.2 Å². The van der Waals surface area contributed by atoms with Gasteiger partial charge in [-0.1, -0.05) is 25.5 Å². The zero-order valence-electron chi connectivity index (χ0n) is 9.32. The second-order valence-corrected chi connectivity index (χ2v) is 3.68. The third kappa shape index (κ3) is 3.18. The highest BCUT2D eigenvalue weighted by molar-refractivity contribution is 5.43. The van der Waals surface area contributed by atoms with Crippen LogP contribution in [0.2, 0.25) is 0 Å². The van der Waals surface area contributed by atoms with E-state index in [4.69, 9.17) is 10.4 Å². The lowest BCUT2D eigenvalue weighted by molar-refractivity contribution is 0.157. The van der Waals surface area contributed by atoms with E-state index < -0.39 is 0 Å². The number of nitrogens with one attached hydrogen (secondary N) is 2. The van der Waals surface area contributed by atoms with Gasteiger partial charge in [0.05, 0.1) is 0 Å². The molecule has 1 rings (SSSR count). The lowest BCUT2D eigenvalue weighted by atomic mass is 10.0. The minimum absolute atomic E-state index is 0.1000. The van der Waals surface area contributed by atoms with Gasteiger partial charge in [-0.25, -0.2) is 11.0 Å². The standard InChI is InChI=1S/C11H18N2O3/c1-2-3-8-4-9(6-12-15)11(14)10(5-8)7-13-16/h4-5,12-16H,2-3,6-7H2,1H3. The molecule has 0 atom stereocenters. The maximum absolute atomic E-state index is 9.84. The summed E-state index contributed by atoms with van der Waals surface area (Å²) in [4.78, 5) is 0. The van der Waals surface area contributed by atoms with Gasteiger partial charge in [0.15, 0.2) is 0 Å². The van der Waals surface area contributed by atoms with E-state index in [1.165, 1.54) is 0 Å². The fourth-order valence-corrected chi connectivity index (χ4v) is 1.71. The molecule has 0 bridgehead atoms. The lowest BCUT2D eigenvalue weighted by Crippen LogP contribution is -2.11. The highest BCUT2D eigenvalue weighted by Crippen LogP contribution is 2.25.